The van der Waals surface area contributed by atoms with Crippen LogP contribution in [0.15, 0.2) is 29.4 Å². The third kappa shape index (κ3) is 4.73. The highest BCUT2D eigenvalue weighted by molar-refractivity contribution is 7.80. The third-order valence-electron chi connectivity index (χ3n) is 4.88. The van der Waals surface area contributed by atoms with E-state index in [1.165, 1.54) is 0 Å². The number of fused-ring (bicyclic) bond motifs is 1. The maximum Gasteiger partial charge on any atom is 0.227 e. The number of rotatable bonds is 8. The summed E-state index contributed by atoms with van der Waals surface area (Å²) in [6.45, 7) is 8.61. The first-order valence-corrected chi connectivity index (χ1v) is 10.1. The van der Waals surface area contributed by atoms with Crippen LogP contribution in [0.5, 0.6) is 5.75 Å². The van der Waals surface area contributed by atoms with E-state index in [1.807, 2.05) is 18.4 Å². The molecule has 1 aromatic carbocycles. The van der Waals surface area contributed by atoms with Crippen molar-refractivity contribution >= 4 is 35.6 Å². The SMILES string of the molecule is CCC(Nc1nc(NCc2cc(S)ccc2O)c2ncn(CC)c2n1)C(C)(C)O. The Kier molecular flexibility index (Phi) is 6.18. The molecule has 0 saturated heterocycles. The zero-order chi connectivity index (χ0) is 21.2. The van der Waals surface area contributed by atoms with Crippen LogP contribution in [0, 0.1) is 0 Å². The summed E-state index contributed by atoms with van der Waals surface area (Å²) >= 11 is 4.33. The molecule has 9 heteroatoms. The fraction of sp³-hybridized carbons (Fsp3) is 0.450. The van der Waals surface area contributed by atoms with Crippen molar-refractivity contribution in [3.8, 4) is 5.75 Å². The molecule has 29 heavy (non-hydrogen) atoms. The Balaban J connectivity index is 1.96. The summed E-state index contributed by atoms with van der Waals surface area (Å²) in [6.07, 6.45) is 2.44. The molecular formula is C20H28N6O2S. The number of benzene rings is 1. The van der Waals surface area contributed by atoms with Crippen LogP contribution in [-0.2, 0) is 13.1 Å². The highest BCUT2D eigenvalue weighted by Gasteiger charge is 2.26. The van der Waals surface area contributed by atoms with Crippen molar-refractivity contribution in [2.75, 3.05) is 10.6 Å². The number of aromatic hydroxyl groups is 1. The average molecular weight is 417 g/mol. The molecule has 0 amide bonds. The lowest BCUT2D eigenvalue weighted by molar-refractivity contribution is 0.0577. The van der Waals surface area contributed by atoms with Gasteiger partial charge in [0, 0.05) is 23.5 Å². The number of aromatic nitrogens is 4. The predicted octanol–water partition coefficient (Wildman–Crippen LogP) is 3.41. The van der Waals surface area contributed by atoms with Crippen molar-refractivity contribution < 1.29 is 10.2 Å². The first-order chi connectivity index (χ1) is 13.7. The van der Waals surface area contributed by atoms with Crippen LogP contribution < -0.4 is 10.6 Å². The number of anilines is 2. The second kappa shape index (κ2) is 8.46. The van der Waals surface area contributed by atoms with Gasteiger partial charge in [0.05, 0.1) is 18.0 Å². The molecule has 0 aliphatic rings. The van der Waals surface area contributed by atoms with Gasteiger partial charge in [0.15, 0.2) is 17.0 Å². The monoisotopic (exact) mass is 416 g/mol. The van der Waals surface area contributed by atoms with Crippen molar-refractivity contribution in [2.45, 2.75) is 63.7 Å². The van der Waals surface area contributed by atoms with Gasteiger partial charge in [-0.15, -0.1) is 12.6 Å². The van der Waals surface area contributed by atoms with Crippen LogP contribution in [-0.4, -0.2) is 41.4 Å². The zero-order valence-corrected chi connectivity index (χ0v) is 18.0. The van der Waals surface area contributed by atoms with Gasteiger partial charge in [-0.3, -0.25) is 0 Å². The molecule has 0 bridgehead atoms. The van der Waals surface area contributed by atoms with Gasteiger partial charge in [0.25, 0.3) is 0 Å². The van der Waals surface area contributed by atoms with E-state index in [9.17, 15) is 10.2 Å². The molecule has 1 unspecified atom stereocenters. The minimum Gasteiger partial charge on any atom is -0.508 e. The Labute approximate surface area is 175 Å². The lowest BCUT2D eigenvalue weighted by atomic mass is 9.97. The number of imidazole rings is 1. The topological polar surface area (TPSA) is 108 Å². The number of aliphatic hydroxyl groups is 1. The van der Waals surface area contributed by atoms with E-state index in [4.69, 9.17) is 0 Å². The first-order valence-electron chi connectivity index (χ1n) is 9.69. The molecule has 2 heterocycles. The molecule has 0 saturated carbocycles. The van der Waals surface area contributed by atoms with Gasteiger partial charge in [-0.05, 0) is 45.4 Å². The lowest BCUT2D eigenvalue weighted by Gasteiger charge is -2.29. The quantitative estimate of drug-likeness (QED) is 0.358. The smallest absolute Gasteiger partial charge is 0.227 e. The van der Waals surface area contributed by atoms with Crippen molar-refractivity contribution in [1.29, 1.82) is 0 Å². The summed E-state index contributed by atoms with van der Waals surface area (Å²) in [6, 6.07) is 4.94. The molecular weight excluding hydrogens is 388 g/mol. The molecule has 3 aromatic rings. The Morgan fingerprint density at radius 1 is 1.24 bits per heavy atom. The lowest BCUT2D eigenvalue weighted by Crippen LogP contribution is -2.41. The second-order valence-electron chi connectivity index (χ2n) is 7.52. The molecule has 0 aliphatic heterocycles. The maximum absolute atomic E-state index is 10.4. The number of thiol groups is 1. The summed E-state index contributed by atoms with van der Waals surface area (Å²) in [4.78, 5) is 14.4. The van der Waals surface area contributed by atoms with Gasteiger partial charge >= 0.3 is 0 Å². The Morgan fingerprint density at radius 3 is 2.66 bits per heavy atom. The molecule has 0 aliphatic carbocycles. The summed E-state index contributed by atoms with van der Waals surface area (Å²) < 4.78 is 1.93. The van der Waals surface area contributed by atoms with Crippen LogP contribution in [0.25, 0.3) is 11.2 Å². The van der Waals surface area contributed by atoms with Crippen LogP contribution in [0.2, 0.25) is 0 Å². The average Bonchev–Trinajstić information content (AvgIpc) is 3.08. The van der Waals surface area contributed by atoms with Crippen molar-refractivity contribution in [3.05, 3.63) is 30.1 Å². The normalized spacial score (nSPS) is 12.9. The highest BCUT2D eigenvalue weighted by atomic mass is 32.1. The Hall–Kier alpha value is -2.52. The van der Waals surface area contributed by atoms with Crippen LogP contribution in [0.4, 0.5) is 11.8 Å². The number of hydrogen-bond donors (Lipinski definition) is 5. The van der Waals surface area contributed by atoms with Crippen molar-refractivity contribution in [3.63, 3.8) is 0 Å². The standard InChI is InChI=1S/C20H28N6O2S/c1-5-15(20(3,4)28)23-19-24-17(16-18(25-19)26(6-2)11-22-16)21-10-12-9-13(29)7-8-14(12)27/h7-9,11,15,27-29H,5-6,10H2,1-4H3,(H2,21,23,24,25). The zero-order valence-electron chi connectivity index (χ0n) is 17.1. The summed E-state index contributed by atoms with van der Waals surface area (Å²) in [5.74, 6) is 1.15. The van der Waals surface area contributed by atoms with Crippen molar-refractivity contribution in [1.82, 2.24) is 19.5 Å². The molecule has 0 fully saturated rings. The second-order valence-corrected chi connectivity index (χ2v) is 8.04. The molecule has 156 valence electrons. The number of nitrogens with zero attached hydrogens (tertiary/aromatic N) is 4. The number of phenolic OH excluding ortho intramolecular Hbond substituents is 1. The molecule has 0 radical (unpaired) electrons. The molecule has 2 aromatic heterocycles. The Bertz CT molecular complexity index is 999. The van der Waals surface area contributed by atoms with E-state index in [0.29, 0.717) is 41.5 Å². The summed E-state index contributed by atoms with van der Waals surface area (Å²) in [5.41, 5.74) is 1.13. The van der Waals surface area contributed by atoms with E-state index in [2.05, 4.69) is 38.2 Å². The molecule has 4 N–H and O–H groups in total. The minimum atomic E-state index is -0.926. The maximum atomic E-state index is 10.4. The molecule has 0 spiro atoms. The van der Waals surface area contributed by atoms with Gasteiger partial charge in [-0.2, -0.15) is 9.97 Å². The minimum absolute atomic E-state index is 0.186. The van der Waals surface area contributed by atoms with Gasteiger partial charge in [-0.25, -0.2) is 4.98 Å². The van der Waals surface area contributed by atoms with Gasteiger partial charge in [-0.1, -0.05) is 6.92 Å². The predicted molar refractivity (Wildman–Crippen MR) is 118 cm³/mol. The number of phenols is 1. The summed E-state index contributed by atoms with van der Waals surface area (Å²) in [5, 5.41) is 27.0. The van der Waals surface area contributed by atoms with Gasteiger partial charge in [0.1, 0.15) is 5.75 Å². The van der Waals surface area contributed by atoms with Crippen LogP contribution in [0.1, 0.15) is 39.7 Å². The van der Waals surface area contributed by atoms with Crippen LogP contribution in [0.3, 0.4) is 0 Å². The first kappa shape index (κ1) is 21.2. The number of aryl methyl sites for hydroxylation is 1. The molecule has 3 rings (SSSR count). The van der Waals surface area contributed by atoms with Gasteiger partial charge < -0.3 is 25.4 Å². The van der Waals surface area contributed by atoms with E-state index in [0.717, 1.165) is 11.4 Å². The number of hydrogen-bond acceptors (Lipinski definition) is 8. The molecule has 1 atom stereocenters. The molecule has 8 nitrogen and oxygen atoms in total. The van der Waals surface area contributed by atoms with E-state index < -0.39 is 5.60 Å². The van der Waals surface area contributed by atoms with Crippen molar-refractivity contribution in [2.24, 2.45) is 0 Å². The highest BCUT2D eigenvalue weighted by Crippen LogP contribution is 2.26. The third-order valence-corrected chi connectivity index (χ3v) is 5.16. The Morgan fingerprint density at radius 2 is 2.00 bits per heavy atom. The summed E-state index contributed by atoms with van der Waals surface area (Å²) in [7, 11) is 0. The van der Waals surface area contributed by atoms with E-state index in [-0.39, 0.29) is 11.8 Å². The van der Waals surface area contributed by atoms with Gasteiger partial charge in [0.2, 0.25) is 5.95 Å². The fourth-order valence-corrected chi connectivity index (χ4v) is 3.42. The van der Waals surface area contributed by atoms with E-state index in [1.54, 1.807) is 38.4 Å². The fourth-order valence-electron chi connectivity index (χ4n) is 3.19. The number of nitrogens with one attached hydrogen (secondary N) is 2. The van der Waals surface area contributed by atoms with E-state index >= 15 is 0 Å². The largest absolute Gasteiger partial charge is 0.508 e. The van der Waals surface area contributed by atoms with Crippen LogP contribution >= 0.6 is 12.6 Å².